The van der Waals surface area contributed by atoms with Crippen LogP contribution in [-0.4, -0.2) is 53.5 Å². The maximum absolute atomic E-state index is 10.1. The molecule has 0 amide bonds. The molecule has 16 heavy (non-hydrogen) atoms. The highest BCUT2D eigenvalue weighted by Gasteiger charge is 2.03. The number of H-pyrrole nitrogens is 1. The zero-order valence-corrected chi connectivity index (χ0v) is 10.6. The summed E-state index contributed by atoms with van der Waals surface area (Å²) >= 11 is 5.62. The third-order valence-electron chi connectivity index (χ3n) is 1.76. The first-order chi connectivity index (χ1) is 7.54. The van der Waals surface area contributed by atoms with Crippen molar-refractivity contribution in [2.24, 2.45) is 0 Å². The number of aromatic amines is 1. The SMILES string of the molecule is CCc1[nH]c(C=O)nc1Cl.CN(C)CCO. The normalized spacial score (nSPS) is 9.88. The molecule has 1 heterocycles. The van der Waals surface area contributed by atoms with E-state index in [1.54, 1.807) is 0 Å². The number of aliphatic hydroxyl groups is 1. The van der Waals surface area contributed by atoms with Gasteiger partial charge in [-0.3, -0.25) is 4.79 Å². The van der Waals surface area contributed by atoms with E-state index in [4.69, 9.17) is 16.7 Å². The van der Waals surface area contributed by atoms with Gasteiger partial charge in [0.05, 0.1) is 12.3 Å². The Hall–Kier alpha value is -0.910. The molecule has 0 aliphatic carbocycles. The van der Waals surface area contributed by atoms with Crippen molar-refractivity contribution in [1.29, 1.82) is 0 Å². The number of imidazole rings is 1. The smallest absolute Gasteiger partial charge is 0.185 e. The lowest BCUT2D eigenvalue weighted by Gasteiger charge is -2.03. The zero-order valence-electron chi connectivity index (χ0n) is 9.83. The number of nitrogens with one attached hydrogen (secondary N) is 1. The zero-order chi connectivity index (χ0) is 12.6. The Balaban J connectivity index is 0.000000325. The summed E-state index contributed by atoms with van der Waals surface area (Å²) in [5.41, 5.74) is 0.809. The predicted octanol–water partition coefficient (Wildman–Crippen LogP) is 0.978. The molecule has 0 fully saturated rings. The minimum Gasteiger partial charge on any atom is -0.395 e. The number of nitrogens with zero attached hydrogens (tertiary/aromatic N) is 2. The van der Waals surface area contributed by atoms with E-state index < -0.39 is 0 Å². The second-order valence-corrected chi connectivity index (χ2v) is 3.75. The van der Waals surface area contributed by atoms with Crippen LogP contribution in [0.5, 0.6) is 0 Å². The van der Waals surface area contributed by atoms with E-state index in [1.165, 1.54) is 0 Å². The van der Waals surface area contributed by atoms with E-state index in [-0.39, 0.29) is 6.61 Å². The summed E-state index contributed by atoms with van der Waals surface area (Å²) in [6.07, 6.45) is 1.41. The molecule has 0 aliphatic rings. The highest BCUT2D eigenvalue weighted by molar-refractivity contribution is 6.30. The lowest BCUT2D eigenvalue weighted by atomic mass is 10.4. The summed E-state index contributed by atoms with van der Waals surface area (Å²) < 4.78 is 0. The van der Waals surface area contributed by atoms with Gasteiger partial charge in [-0.1, -0.05) is 18.5 Å². The maximum atomic E-state index is 10.1. The molecular weight excluding hydrogens is 230 g/mol. The molecule has 0 saturated heterocycles. The number of hydrogen-bond donors (Lipinski definition) is 2. The Morgan fingerprint density at radius 1 is 1.56 bits per heavy atom. The van der Waals surface area contributed by atoms with Crippen molar-refractivity contribution in [3.8, 4) is 0 Å². The van der Waals surface area contributed by atoms with Gasteiger partial charge in [0.2, 0.25) is 0 Å². The molecule has 1 aromatic rings. The summed E-state index contributed by atoms with van der Waals surface area (Å²) in [6.45, 7) is 2.96. The topological polar surface area (TPSA) is 69.2 Å². The molecule has 0 radical (unpaired) electrons. The van der Waals surface area contributed by atoms with Gasteiger partial charge in [0.25, 0.3) is 0 Å². The monoisotopic (exact) mass is 247 g/mol. The van der Waals surface area contributed by atoms with Gasteiger partial charge < -0.3 is 15.0 Å². The fraction of sp³-hybridized carbons (Fsp3) is 0.600. The average molecular weight is 248 g/mol. The quantitative estimate of drug-likeness (QED) is 0.779. The molecular formula is C10H18ClN3O2. The lowest BCUT2D eigenvalue weighted by molar-refractivity contribution is 0.111. The van der Waals surface area contributed by atoms with Crippen LogP contribution < -0.4 is 0 Å². The van der Waals surface area contributed by atoms with Crippen LogP contribution >= 0.6 is 11.6 Å². The third-order valence-corrected chi connectivity index (χ3v) is 2.07. The van der Waals surface area contributed by atoms with Gasteiger partial charge in [-0.15, -0.1) is 0 Å². The molecule has 0 aromatic carbocycles. The number of likely N-dealkylation sites (N-methyl/N-ethyl adjacent to an activating group) is 1. The number of aromatic nitrogens is 2. The molecule has 1 aromatic heterocycles. The van der Waals surface area contributed by atoms with Crippen LogP contribution in [0.25, 0.3) is 0 Å². The number of carbonyl (C=O) groups excluding carboxylic acids is 1. The van der Waals surface area contributed by atoms with Crippen molar-refractivity contribution in [2.75, 3.05) is 27.2 Å². The Labute approximate surface area is 100 Å². The summed E-state index contributed by atoms with van der Waals surface area (Å²) in [7, 11) is 3.85. The summed E-state index contributed by atoms with van der Waals surface area (Å²) in [5.74, 6) is 0.293. The van der Waals surface area contributed by atoms with Crippen molar-refractivity contribution in [3.05, 3.63) is 16.7 Å². The number of halogens is 1. The maximum Gasteiger partial charge on any atom is 0.185 e. The van der Waals surface area contributed by atoms with Crippen LogP contribution in [0.1, 0.15) is 23.2 Å². The highest BCUT2D eigenvalue weighted by atomic mass is 35.5. The minimum atomic E-state index is 0.257. The van der Waals surface area contributed by atoms with Crippen LogP contribution in [0, 0.1) is 0 Å². The molecule has 0 aliphatic heterocycles. The van der Waals surface area contributed by atoms with E-state index in [1.807, 2.05) is 25.9 Å². The molecule has 5 nitrogen and oxygen atoms in total. The molecule has 0 spiro atoms. The molecule has 1 rings (SSSR count). The first kappa shape index (κ1) is 15.1. The van der Waals surface area contributed by atoms with E-state index in [2.05, 4.69) is 9.97 Å². The van der Waals surface area contributed by atoms with E-state index in [9.17, 15) is 4.79 Å². The van der Waals surface area contributed by atoms with Crippen molar-refractivity contribution >= 4 is 17.9 Å². The summed E-state index contributed by atoms with van der Waals surface area (Å²) in [6, 6.07) is 0. The van der Waals surface area contributed by atoms with E-state index in [0.29, 0.717) is 17.3 Å². The number of aryl methyl sites for hydroxylation is 1. The Morgan fingerprint density at radius 3 is 2.38 bits per heavy atom. The largest absolute Gasteiger partial charge is 0.395 e. The van der Waals surface area contributed by atoms with Crippen LogP contribution in [0.15, 0.2) is 0 Å². The van der Waals surface area contributed by atoms with Crippen molar-refractivity contribution in [2.45, 2.75) is 13.3 Å². The third kappa shape index (κ3) is 5.85. The Bertz CT molecular complexity index is 313. The first-order valence-electron chi connectivity index (χ1n) is 5.00. The molecule has 0 atom stereocenters. The van der Waals surface area contributed by atoms with Gasteiger partial charge in [0.1, 0.15) is 0 Å². The van der Waals surface area contributed by atoms with Crippen LogP contribution in [0.3, 0.4) is 0 Å². The van der Waals surface area contributed by atoms with Gasteiger partial charge in [-0.2, -0.15) is 0 Å². The van der Waals surface area contributed by atoms with Crippen molar-refractivity contribution in [1.82, 2.24) is 14.9 Å². The fourth-order valence-corrected chi connectivity index (χ4v) is 1.17. The van der Waals surface area contributed by atoms with Gasteiger partial charge >= 0.3 is 0 Å². The van der Waals surface area contributed by atoms with Crippen LogP contribution in [-0.2, 0) is 6.42 Å². The summed E-state index contributed by atoms with van der Waals surface area (Å²) in [4.78, 5) is 18.6. The predicted molar refractivity (Wildman–Crippen MR) is 64.0 cm³/mol. The van der Waals surface area contributed by atoms with Gasteiger partial charge in [0.15, 0.2) is 17.3 Å². The Kier molecular flexibility index (Phi) is 7.80. The van der Waals surface area contributed by atoms with Crippen LogP contribution in [0.4, 0.5) is 0 Å². The Morgan fingerprint density at radius 2 is 2.19 bits per heavy atom. The molecule has 92 valence electrons. The number of rotatable bonds is 4. The molecule has 6 heteroatoms. The number of aliphatic hydroxyl groups excluding tert-OH is 1. The second kappa shape index (κ2) is 8.27. The van der Waals surface area contributed by atoms with Gasteiger partial charge in [-0.05, 0) is 20.5 Å². The lowest BCUT2D eigenvalue weighted by Crippen LogP contribution is -2.15. The van der Waals surface area contributed by atoms with Crippen molar-refractivity contribution in [3.63, 3.8) is 0 Å². The molecule has 0 saturated carbocycles. The number of carbonyl (C=O) groups is 1. The molecule has 0 unspecified atom stereocenters. The standard InChI is InChI=1S/C6H7ClN2O.C4H11NO/c1-2-4-6(7)9-5(3-10)8-4;1-5(2)3-4-6/h3H,2H2,1H3,(H,8,9);6H,3-4H2,1-2H3. The number of aldehydes is 1. The van der Waals surface area contributed by atoms with E-state index in [0.717, 1.165) is 18.7 Å². The minimum absolute atomic E-state index is 0.257. The van der Waals surface area contributed by atoms with Gasteiger partial charge in [0, 0.05) is 6.54 Å². The van der Waals surface area contributed by atoms with E-state index >= 15 is 0 Å². The summed E-state index contributed by atoms with van der Waals surface area (Å²) in [5, 5.41) is 8.59. The average Bonchev–Trinajstić information content (AvgIpc) is 2.59. The first-order valence-corrected chi connectivity index (χ1v) is 5.38. The van der Waals surface area contributed by atoms with Crippen LogP contribution in [0.2, 0.25) is 5.15 Å². The highest BCUT2D eigenvalue weighted by Crippen LogP contribution is 2.11. The number of hydrogen-bond acceptors (Lipinski definition) is 4. The van der Waals surface area contributed by atoms with Crippen molar-refractivity contribution < 1.29 is 9.90 Å². The fourth-order valence-electron chi connectivity index (χ4n) is 0.897. The molecule has 2 N–H and O–H groups in total. The van der Waals surface area contributed by atoms with Gasteiger partial charge in [-0.25, -0.2) is 4.98 Å². The second-order valence-electron chi connectivity index (χ2n) is 3.39. The molecule has 0 bridgehead atoms.